The summed E-state index contributed by atoms with van der Waals surface area (Å²) in [6, 6.07) is 5.24. The SMILES string of the molecule is CC(C)CC(CCl)(CCl)Cc1ccc(C(F)(F)F)cc1. The van der Waals surface area contributed by atoms with Gasteiger partial charge in [0.1, 0.15) is 0 Å². The van der Waals surface area contributed by atoms with Crippen molar-refractivity contribution >= 4 is 23.2 Å². The smallest absolute Gasteiger partial charge is 0.166 e. The summed E-state index contributed by atoms with van der Waals surface area (Å²) in [5.41, 5.74) is -0.0655. The van der Waals surface area contributed by atoms with E-state index in [1.165, 1.54) is 12.1 Å². The highest BCUT2D eigenvalue weighted by atomic mass is 35.5. The molecule has 0 aliphatic rings. The minimum atomic E-state index is -4.30. The molecule has 20 heavy (non-hydrogen) atoms. The van der Waals surface area contributed by atoms with Crippen LogP contribution in [-0.4, -0.2) is 11.8 Å². The molecule has 0 saturated carbocycles. The fourth-order valence-electron chi connectivity index (χ4n) is 2.42. The molecule has 0 spiro atoms. The molecule has 0 radical (unpaired) electrons. The Hall–Kier alpha value is -0.410. The van der Waals surface area contributed by atoms with Crippen LogP contribution in [0, 0.1) is 11.3 Å². The molecule has 0 aromatic heterocycles. The summed E-state index contributed by atoms with van der Waals surface area (Å²) >= 11 is 12.1. The maximum atomic E-state index is 12.5. The molecule has 0 aliphatic heterocycles. The van der Waals surface area contributed by atoms with E-state index in [1.807, 2.05) is 0 Å². The molecular weight excluding hydrogens is 308 g/mol. The second kappa shape index (κ2) is 7.04. The molecule has 0 unspecified atom stereocenters. The lowest BCUT2D eigenvalue weighted by atomic mass is 9.78. The van der Waals surface area contributed by atoms with Gasteiger partial charge in [-0.15, -0.1) is 23.2 Å². The highest BCUT2D eigenvalue weighted by Gasteiger charge is 2.32. The lowest BCUT2D eigenvalue weighted by molar-refractivity contribution is -0.137. The summed E-state index contributed by atoms with van der Waals surface area (Å²) in [7, 11) is 0. The van der Waals surface area contributed by atoms with Gasteiger partial charge in [0, 0.05) is 17.2 Å². The summed E-state index contributed by atoms with van der Waals surface area (Å²) in [6.45, 7) is 4.17. The van der Waals surface area contributed by atoms with E-state index in [2.05, 4.69) is 13.8 Å². The average Bonchev–Trinajstić information content (AvgIpc) is 2.37. The summed E-state index contributed by atoms with van der Waals surface area (Å²) in [5, 5.41) is 0. The molecule has 0 nitrogen and oxygen atoms in total. The van der Waals surface area contributed by atoms with Gasteiger partial charge in [0.25, 0.3) is 0 Å². The largest absolute Gasteiger partial charge is 0.416 e. The van der Waals surface area contributed by atoms with E-state index >= 15 is 0 Å². The summed E-state index contributed by atoms with van der Waals surface area (Å²) in [6.07, 6.45) is -2.86. The van der Waals surface area contributed by atoms with Crippen LogP contribution in [0.1, 0.15) is 31.4 Å². The third-order valence-corrected chi connectivity index (χ3v) is 4.40. The summed E-state index contributed by atoms with van der Waals surface area (Å²) in [5.74, 6) is 1.23. The Bertz CT molecular complexity index is 406. The third kappa shape index (κ3) is 4.85. The van der Waals surface area contributed by atoms with Gasteiger partial charge in [-0.25, -0.2) is 0 Å². The fourth-order valence-corrected chi connectivity index (χ4v) is 3.12. The van der Waals surface area contributed by atoms with Crippen molar-refractivity contribution in [1.29, 1.82) is 0 Å². The van der Waals surface area contributed by atoms with Gasteiger partial charge in [-0.3, -0.25) is 0 Å². The minimum Gasteiger partial charge on any atom is -0.166 e. The van der Waals surface area contributed by atoms with Crippen LogP contribution in [0.5, 0.6) is 0 Å². The highest BCUT2D eigenvalue weighted by Crippen LogP contribution is 2.35. The molecule has 0 amide bonds. The van der Waals surface area contributed by atoms with Crippen molar-refractivity contribution in [2.75, 3.05) is 11.8 Å². The van der Waals surface area contributed by atoms with E-state index in [9.17, 15) is 13.2 Å². The summed E-state index contributed by atoms with van der Waals surface area (Å²) in [4.78, 5) is 0. The predicted octanol–water partition coefficient (Wildman–Crippen LogP) is 5.76. The van der Waals surface area contributed by atoms with Gasteiger partial charge in [-0.05, 0) is 36.5 Å². The first-order valence-electron chi connectivity index (χ1n) is 6.50. The van der Waals surface area contributed by atoms with Crippen LogP contribution in [0.15, 0.2) is 24.3 Å². The zero-order valence-corrected chi connectivity index (χ0v) is 13.1. The maximum Gasteiger partial charge on any atom is 0.416 e. The maximum absolute atomic E-state index is 12.5. The number of alkyl halides is 5. The lowest BCUT2D eigenvalue weighted by Crippen LogP contribution is -2.30. The normalized spacial score (nSPS) is 13.0. The number of hydrogen-bond donors (Lipinski definition) is 0. The average molecular weight is 327 g/mol. The van der Waals surface area contributed by atoms with E-state index < -0.39 is 11.7 Å². The van der Waals surface area contributed by atoms with Gasteiger partial charge in [0.15, 0.2) is 0 Å². The molecular formula is C15H19Cl2F3. The van der Waals surface area contributed by atoms with E-state index in [0.29, 0.717) is 24.1 Å². The number of benzene rings is 1. The summed E-state index contributed by atoms with van der Waals surface area (Å²) < 4.78 is 37.6. The molecule has 114 valence electrons. The number of hydrogen-bond acceptors (Lipinski definition) is 0. The molecule has 0 atom stereocenters. The molecule has 5 heteroatoms. The van der Waals surface area contributed by atoms with Crippen LogP contribution in [0.3, 0.4) is 0 Å². The third-order valence-electron chi connectivity index (χ3n) is 3.27. The molecule has 1 aromatic carbocycles. The zero-order chi connectivity index (χ0) is 15.4. The van der Waals surface area contributed by atoms with Gasteiger partial charge in [0.05, 0.1) is 5.56 Å². The Kier molecular flexibility index (Phi) is 6.21. The Morgan fingerprint density at radius 3 is 1.85 bits per heavy atom. The molecule has 0 fully saturated rings. The monoisotopic (exact) mass is 326 g/mol. The van der Waals surface area contributed by atoms with E-state index in [1.54, 1.807) is 0 Å². The van der Waals surface area contributed by atoms with Crippen LogP contribution < -0.4 is 0 Å². The topological polar surface area (TPSA) is 0 Å². The number of rotatable bonds is 6. The second-order valence-electron chi connectivity index (χ2n) is 5.74. The van der Waals surface area contributed by atoms with Crippen molar-refractivity contribution in [2.24, 2.45) is 11.3 Å². The molecule has 0 heterocycles. The van der Waals surface area contributed by atoms with Gasteiger partial charge in [-0.2, -0.15) is 13.2 Å². The first kappa shape index (κ1) is 17.6. The van der Waals surface area contributed by atoms with Crippen molar-refractivity contribution in [3.63, 3.8) is 0 Å². The van der Waals surface area contributed by atoms with E-state index in [0.717, 1.165) is 24.1 Å². The Labute approximate surface area is 128 Å². The van der Waals surface area contributed by atoms with Gasteiger partial charge >= 0.3 is 6.18 Å². The van der Waals surface area contributed by atoms with E-state index in [4.69, 9.17) is 23.2 Å². The Balaban J connectivity index is 2.89. The Morgan fingerprint density at radius 2 is 1.50 bits per heavy atom. The van der Waals surface area contributed by atoms with Gasteiger partial charge < -0.3 is 0 Å². The van der Waals surface area contributed by atoms with Crippen LogP contribution in [-0.2, 0) is 12.6 Å². The minimum absolute atomic E-state index is 0.267. The molecule has 0 saturated heterocycles. The van der Waals surface area contributed by atoms with Crippen molar-refractivity contribution in [3.05, 3.63) is 35.4 Å². The van der Waals surface area contributed by atoms with Crippen molar-refractivity contribution in [1.82, 2.24) is 0 Å². The highest BCUT2D eigenvalue weighted by molar-refractivity contribution is 6.21. The van der Waals surface area contributed by atoms with Crippen molar-refractivity contribution in [3.8, 4) is 0 Å². The molecule has 1 aromatic rings. The van der Waals surface area contributed by atoms with Gasteiger partial charge in [0.2, 0.25) is 0 Å². The standard InChI is InChI=1S/C15H19Cl2F3/c1-11(2)7-14(9-16,10-17)8-12-3-5-13(6-4-12)15(18,19)20/h3-6,11H,7-10H2,1-2H3. The first-order valence-corrected chi connectivity index (χ1v) is 7.57. The second-order valence-corrected chi connectivity index (χ2v) is 6.27. The Morgan fingerprint density at radius 1 is 1.00 bits per heavy atom. The van der Waals surface area contributed by atoms with Crippen LogP contribution in [0.25, 0.3) is 0 Å². The van der Waals surface area contributed by atoms with Crippen molar-refractivity contribution in [2.45, 2.75) is 32.9 Å². The fraction of sp³-hybridized carbons (Fsp3) is 0.600. The van der Waals surface area contributed by atoms with Crippen LogP contribution >= 0.6 is 23.2 Å². The van der Waals surface area contributed by atoms with Crippen LogP contribution in [0.2, 0.25) is 0 Å². The van der Waals surface area contributed by atoms with Gasteiger partial charge in [-0.1, -0.05) is 26.0 Å². The molecule has 0 aliphatic carbocycles. The number of halogens is 5. The first-order chi connectivity index (χ1) is 9.22. The molecule has 0 bridgehead atoms. The lowest BCUT2D eigenvalue weighted by Gasteiger charge is -2.31. The van der Waals surface area contributed by atoms with E-state index in [-0.39, 0.29) is 5.41 Å². The predicted molar refractivity (Wildman–Crippen MR) is 78.5 cm³/mol. The van der Waals surface area contributed by atoms with Crippen LogP contribution in [0.4, 0.5) is 13.2 Å². The quantitative estimate of drug-likeness (QED) is 0.583. The van der Waals surface area contributed by atoms with Crippen molar-refractivity contribution < 1.29 is 13.2 Å². The molecule has 1 rings (SSSR count). The molecule has 0 N–H and O–H groups in total. The zero-order valence-electron chi connectivity index (χ0n) is 11.6.